The van der Waals surface area contributed by atoms with Crippen molar-refractivity contribution < 1.29 is 8.81 Å². The Bertz CT molecular complexity index is 694. The highest BCUT2D eigenvalue weighted by Gasteiger charge is 2.04. The van der Waals surface area contributed by atoms with E-state index in [-0.39, 0.29) is 5.82 Å². The summed E-state index contributed by atoms with van der Waals surface area (Å²) in [6, 6.07) is 14.5. The Balaban J connectivity index is 1.69. The number of benzene rings is 1. The summed E-state index contributed by atoms with van der Waals surface area (Å²) >= 11 is 0. The third kappa shape index (κ3) is 2.85. The number of nitrogens with one attached hydrogen (secondary N) is 1. The van der Waals surface area contributed by atoms with Gasteiger partial charge in [-0.3, -0.25) is 0 Å². The largest absolute Gasteiger partial charge is 0.464 e. The van der Waals surface area contributed by atoms with Gasteiger partial charge in [0.25, 0.3) is 0 Å². The van der Waals surface area contributed by atoms with Crippen molar-refractivity contribution in [2.75, 3.05) is 5.32 Å². The molecule has 0 aliphatic carbocycles. The van der Waals surface area contributed by atoms with Gasteiger partial charge in [-0.1, -0.05) is 30.3 Å². The molecule has 2 heterocycles. The second-order valence-corrected chi connectivity index (χ2v) is 4.40. The molecule has 3 rings (SSSR count). The zero-order chi connectivity index (χ0) is 13.8. The Kier molecular flexibility index (Phi) is 3.46. The van der Waals surface area contributed by atoms with E-state index >= 15 is 0 Å². The Morgan fingerprint density at radius 3 is 2.75 bits per heavy atom. The summed E-state index contributed by atoms with van der Waals surface area (Å²) in [4.78, 5) is 4.04. The van der Waals surface area contributed by atoms with Gasteiger partial charge in [-0.15, -0.1) is 0 Å². The fraction of sp³-hybridized carbons (Fsp3) is 0.0625. The van der Waals surface area contributed by atoms with E-state index in [4.69, 9.17) is 4.42 Å². The summed E-state index contributed by atoms with van der Waals surface area (Å²) in [6.45, 7) is 0.535. The van der Waals surface area contributed by atoms with E-state index in [2.05, 4.69) is 10.3 Å². The number of pyridine rings is 1. The van der Waals surface area contributed by atoms with Gasteiger partial charge in [0, 0.05) is 29.9 Å². The molecular weight excluding hydrogens is 255 g/mol. The normalized spacial score (nSPS) is 10.4. The summed E-state index contributed by atoms with van der Waals surface area (Å²) in [5, 5.41) is 3.06. The van der Waals surface area contributed by atoms with Crippen LogP contribution in [0.4, 0.5) is 10.2 Å². The van der Waals surface area contributed by atoms with Crippen LogP contribution in [0.5, 0.6) is 0 Å². The highest BCUT2D eigenvalue weighted by Crippen LogP contribution is 2.22. The molecule has 0 saturated heterocycles. The van der Waals surface area contributed by atoms with E-state index < -0.39 is 0 Å². The SMILES string of the molecule is Fc1ccnc(NCc2coc(-c3ccccc3)c2)c1. The number of hydrogen-bond acceptors (Lipinski definition) is 3. The van der Waals surface area contributed by atoms with Crippen LogP contribution < -0.4 is 5.32 Å². The van der Waals surface area contributed by atoms with Crippen molar-refractivity contribution in [1.82, 2.24) is 4.98 Å². The van der Waals surface area contributed by atoms with Gasteiger partial charge in [0.15, 0.2) is 0 Å². The Labute approximate surface area is 116 Å². The number of hydrogen-bond donors (Lipinski definition) is 1. The molecule has 20 heavy (non-hydrogen) atoms. The second-order valence-electron chi connectivity index (χ2n) is 4.40. The number of nitrogens with zero attached hydrogens (tertiary/aromatic N) is 1. The first-order valence-corrected chi connectivity index (χ1v) is 6.29. The first kappa shape index (κ1) is 12.4. The molecule has 0 amide bonds. The Morgan fingerprint density at radius 1 is 1.10 bits per heavy atom. The molecule has 3 nitrogen and oxygen atoms in total. The number of anilines is 1. The topological polar surface area (TPSA) is 38.1 Å². The van der Waals surface area contributed by atoms with Crippen molar-refractivity contribution in [3.05, 3.63) is 72.4 Å². The predicted molar refractivity (Wildman–Crippen MR) is 75.7 cm³/mol. The van der Waals surface area contributed by atoms with E-state index in [1.807, 2.05) is 36.4 Å². The average Bonchev–Trinajstić information content (AvgIpc) is 2.95. The first-order valence-electron chi connectivity index (χ1n) is 6.29. The summed E-state index contributed by atoms with van der Waals surface area (Å²) in [6.07, 6.45) is 3.12. The van der Waals surface area contributed by atoms with E-state index in [0.717, 1.165) is 16.9 Å². The molecule has 0 atom stereocenters. The number of rotatable bonds is 4. The second kappa shape index (κ2) is 5.57. The zero-order valence-electron chi connectivity index (χ0n) is 10.7. The lowest BCUT2D eigenvalue weighted by Gasteiger charge is -2.02. The molecule has 0 bridgehead atoms. The molecule has 1 N–H and O–H groups in total. The molecule has 0 aliphatic rings. The van der Waals surface area contributed by atoms with Crippen LogP contribution in [0.3, 0.4) is 0 Å². The number of aromatic nitrogens is 1. The molecule has 3 aromatic rings. The van der Waals surface area contributed by atoms with Crippen LogP contribution >= 0.6 is 0 Å². The van der Waals surface area contributed by atoms with Gasteiger partial charge < -0.3 is 9.73 Å². The lowest BCUT2D eigenvalue weighted by molar-refractivity contribution is 0.579. The molecule has 0 unspecified atom stereocenters. The molecule has 4 heteroatoms. The van der Waals surface area contributed by atoms with Crippen LogP contribution in [0, 0.1) is 5.82 Å². The highest BCUT2D eigenvalue weighted by atomic mass is 19.1. The van der Waals surface area contributed by atoms with E-state index in [1.165, 1.54) is 18.3 Å². The zero-order valence-corrected chi connectivity index (χ0v) is 10.7. The quantitative estimate of drug-likeness (QED) is 0.774. The predicted octanol–water partition coefficient (Wildman–Crippen LogP) is 4.09. The standard InChI is InChI=1S/C16H13FN2O/c17-14-6-7-18-16(9-14)19-10-12-8-15(20-11-12)13-4-2-1-3-5-13/h1-9,11H,10H2,(H,18,19). The van der Waals surface area contributed by atoms with E-state index in [1.54, 1.807) is 6.26 Å². The van der Waals surface area contributed by atoms with E-state index in [9.17, 15) is 4.39 Å². The molecule has 0 aliphatic heterocycles. The van der Waals surface area contributed by atoms with Gasteiger partial charge >= 0.3 is 0 Å². The smallest absolute Gasteiger partial charge is 0.134 e. The van der Waals surface area contributed by atoms with Crippen LogP contribution in [-0.4, -0.2) is 4.98 Å². The molecular formula is C16H13FN2O. The monoisotopic (exact) mass is 268 g/mol. The fourth-order valence-electron chi connectivity index (χ4n) is 1.92. The molecule has 100 valence electrons. The maximum absolute atomic E-state index is 13.0. The minimum absolute atomic E-state index is 0.306. The molecule has 0 saturated carbocycles. The third-order valence-corrected chi connectivity index (χ3v) is 2.91. The van der Waals surface area contributed by atoms with Crippen LogP contribution in [-0.2, 0) is 6.54 Å². The lowest BCUT2D eigenvalue weighted by atomic mass is 10.1. The van der Waals surface area contributed by atoms with Crippen molar-refractivity contribution in [3.63, 3.8) is 0 Å². The molecule has 2 aromatic heterocycles. The molecule has 1 aromatic carbocycles. The molecule has 0 fully saturated rings. The van der Waals surface area contributed by atoms with Crippen molar-refractivity contribution in [3.8, 4) is 11.3 Å². The van der Waals surface area contributed by atoms with Gasteiger partial charge in [0.2, 0.25) is 0 Å². The van der Waals surface area contributed by atoms with Crippen molar-refractivity contribution in [1.29, 1.82) is 0 Å². The van der Waals surface area contributed by atoms with Gasteiger partial charge in [-0.2, -0.15) is 0 Å². The average molecular weight is 268 g/mol. The first-order chi connectivity index (χ1) is 9.81. The number of furan rings is 1. The minimum Gasteiger partial charge on any atom is -0.464 e. The van der Waals surface area contributed by atoms with Gasteiger partial charge in [-0.05, 0) is 12.1 Å². The maximum Gasteiger partial charge on any atom is 0.134 e. The van der Waals surface area contributed by atoms with Crippen molar-refractivity contribution in [2.24, 2.45) is 0 Å². The minimum atomic E-state index is -0.306. The number of halogens is 1. The van der Waals surface area contributed by atoms with Crippen LogP contribution in [0.25, 0.3) is 11.3 Å². The maximum atomic E-state index is 13.0. The van der Waals surface area contributed by atoms with Crippen molar-refractivity contribution >= 4 is 5.82 Å². The van der Waals surface area contributed by atoms with Crippen LogP contribution in [0.2, 0.25) is 0 Å². The summed E-state index contributed by atoms with van der Waals surface area (Å²) in [5.74, 6) is 1.02. The van der Waals surface area contributed by atoms with Crippen molar-refractivity contribution in [2.45, 2.75) is 6.54 Å². The highest BCUT2D eigenvalue weighted by molar-refractivity contribution is 5.58. The fourth-order valence-corrected chi connectivity index (χ4v) is 1.92. The Morgan fingerprint density at radius 2 is 1.95 bits per heavy atom. The van der Waals surface area contributed by atoms with Gasteiger partial charge in [0.05, 0.1) is 6.26 Å². The summed E-state index contributed by atoms with van der Waals surface area (Å²) in [7, 11) is 0. The summed E-state index contributed by atoms with van der Waals surface area (Å²) in [5.41, 5.74) is 2.01. The van der Waals surface area contributed by atoms with Gasteiger partial charge in [-0.25, -0.2) is 9.37 Å². The summed E-state index contributed by atoms with van der Waals surface area (Å²) < 4.78 is 18.5. The lowest BCUT2D eigenvalue weighted by Crippen LogP contribution is -2.00. The molecule has 0 spiro atoms. The third-order valence-electron chi connectivity index (χ3n) is 2.91. The van der Waals surface area contributed by atoms with Gasteiger partial charge in [0.1, 0.15) is 17.4 Å². The Hall–Kier alpha value is -2.62. The van der Waals surface area contributed by atoms with Crippen LogP contribution in [0.15, 0.2) is 65.4 Å². The van der Waals surface area contributed by atoms with Crippen LogP contribution in [0.1, 0.15) is 5.56 Å². The molecule has 0 radical (unpaired) electrons. The van der Waals surface area contributed by atoms with E-state index in [0.29, 0.717) is 12.4 Å².